The molecule has 1 rings (SSSR count). The van der Waals surface area contributed by atoms with Gasteiger partial charge in [-0.2, -0.15) is 0 Å². The van der Waals surface area contributed by atoms with E-state index < -0.39 is 0 Å². The van der Waals surface area contributed by atoms with Crippen LogP contribution in [0.2, 0.25) is 0 Å². The van der Waals surface area contributed by atoms with E-state index in [1.807, 2.05) is 0 Å². The van der Waals surface area contributed by atoms with Gasteiger partial charge in [-0.25, -0.2) is 0 Å². The molecule has 100 valence electrons. The van der Waals surface area contributed by atoms with E-state index in [1.54, 1.807) is 0 Å². The quantitative estimate of drug-likeness (QED) is 0.698. The molecular formula is C13H27N3O. The Morgan fingerprint density at radius 3 is 2.65 bits per heavy atom. The van der Waals surface area contributed by atoms with Crippen LogP contribution in [0.5, 0.6) is 0 Å². The molecule has 0 atom stereocenters. The summed E-state index contributed by atoms with van der Waals surface area (Å²) in [6.07, 6.45) is 3.21. The molecule has 0 bridgehead atoms. The molecule has 0 aliphatic carbocycles. The van der Waals surface area contributed by atoms with Crippen LogP contribution >= 0.6 is 0 Å². The van der Waals surface area contributed by atoms with Crippen molar-refractivity contribution in [3.8, 4) is 0 Å². The molecule has 0 unspecified atom stereocenters. The SMILES string of the molecule is CCCC1(N)CN(CC(=O)NCCC(C)C)C1. The van der Waals surface area contributed by atoms with Crippen LogP contribution < -0.4 is 11.1 Å². The monoisotopic (exact) mass is 241 g/mol. The van der Waals surface area contributed by atoms with Crippen molar-refractivity contribution in [3.63, 3.8) is 0 Å². The van der Waals surface area contributed by atoms with Crippen LogP contribution in [-0.2, 0) is 4.79 Å². The Balaban J connectivity index is 2.09. The molecule has 0 radical (unpaired) electrons. The number of hydrogen-bond acceptors (Lipinski definition) is 3. The Morgan fingerprint density at radius 2 is 2.12 bits per heavy atom. The second-order valence-electron chi connectivity index (χ2n) is 5.79. The minimum Gasteiger partial charge on any atom is -0.355 e. The van der Waals surface area contributed by atoms with Crippen molar-refractivity contribution in [2.45, 2.75) is 45.6 Å². The number of hydrogen-bond donors (Lipinski definition) is 2. The maximum atomic E-state index is 11.6. The summed E-state index contributed by atoms with van der Waals surface area (Å²) >= 11 is 0. The topological polar surface area (TPSA) is 58.4 Å². The van der Waals surface area contributed by atoms with Crippen LogP contribution in [0, 0.1) is 5.92 Å². The van der Waals surface area contributed by atoms with Gasteiger partial charge in [0.2, 0.25) is 5.91 Å². The van der Waals surface area contributed by atoms with Crippen molar-refractivity contribution in [3.05, 3.63) is 0 Å². The summed E-state index contributed by atoms with van der Waals surface area (Å²) < 4.78 is 0. The van der Waals surface area contributed by atoms with Gasteiger partial charge in [-0.3, -0.25) is 9.69 Å². The molecule has 1 aliphatic rings. The van der Waals surface area contributed by atoms with E-state index in [9.17, 15) is 4.79 Å². The van der Waals surface area contributed by atoms with Gasteiger partial charge in [-0.15, -0.1) is 0 Å². The number of carbonyl (C=O) groups is 1. The van der Waals surface area contributed by atoms with E-state index >= 15 is 0 Å². The number of nitrogens with zero attached hydrogens (tertiary/aromatic N) is 1. The van der Waals surface area contributed by atoms with Crippen LogP contribution in [-0.4, -0.2) is 42.5 Å². The lowest BCUT2D eigenvalue weighted by Gasteiger charge is -2.47. The molecule has 1 saturated heterocycles. The average molecular weight is 241 g/mol. The average Bonchev–Trinajstić information content (AvgIpc) is 2.14. The van der Waals surface area contributed by atoms with Gasteiger partial charge < -0.3 is 11.1 Å². The summed E-state index contributed by atoms with van der Waals surface area (Å²) in [7, 11) is 0. The highest BCUT2D eigenvalue weighted by Crippen LogP contribution is 2.22. The largest absolute Gasteiger partial charge is 0.355 e. The Hall–Kier alpha value is -0.610. The smallest absolute Gasteiger partial charge is 0.234 e. The third kappa shape index (κ3) is 5.04. The number of nitrogens with one attached hydrogen (secondary N) is 1. The standard InChI is InChI=1S/C13H27N3O/c1-4-6-13(14)9-16(10-13)8-12(17)15-7-5-11(2)3/h11H,4-10,14H2,1-3H3,(H,15,17). The lowest BCUT2D eigenvalue weighted by atomic mass is 9.86. The molecule has 1 aliphatic heterocycles. The number of amides is 1. The van der Waals surface area contributed by atoms with Crippen LogP contribution in [0.1, 0.15) is 40.0 Å². The highest BCUT2D eigenvalue weighted by Gasteiger charge is 2.38. The molecule has 1 amide bonds. The van der Waals surface area contributed by atoms with Crippen LogP contribution in [0.3, 0.4) is 0 Å². The molecule has 0 aromatic carbocycles. The highest BCUT2D eigenvalue weighted by atomic mass is 16.2. The van der Waals surface area contributed by atoms with E-state index in [-0.39, 0.29) is 11.4 Å². The first-order chi connectivity index (χ1) is 7.95. The van der Waals surface area contributed by atoms with Crippen molar-refractivity contribution in [1.29, 1.82) is 0 Å². The Labute approximate surface area is 105 Å². The van der Waals surface area contributed by atoms with Crippen molar-refractivity contribution < 1.29 is 4.79 Å². The maximum Gasteiger partial charge on any atom is 0.234 e. The molecule has 1 heterocycles. The Kier molecular flexibility index (Phi) is 5.40. The van der Waals surface area contributed by atoms with Crippen molar-refractivity contribution >= 4 is 5.91 Å². The number of likely N-dealkylation sites (tertiary alicyclic amines) is 1. The number of nitrogens with two attached hydrogens (primary N) is 1. The summed E-state index contributed by atoms with van der Waals surface area (Å²) in [6, 6.07) is 0. The summed E-state index contributed by atoms with van der Waals surface area (Å²) in [5.41, 5.74) is 6.11. The van der Waals surface area contributed by atoms with Crippen LogP contribution in [0.15, 0.2) is 0 Å². The molecular weight excluding hydrogens is 214 g/mol. The van der Waals surface area contributed by atoms with Gasteiger partial charge in [0.25, 0.3) is 0 Å². The Bertz CT molecular complexity index is 247. The van der Waals surface area contributed by atoms with Crippen molar-refractivity contribution in [2.75, 3.05) is 26.2 Å². The molecule has 0 spiro atoms. The summed E-state index contributed by atoms with van der Waals surface area (Å²) in [5, 5.41) is 2.95. The first kappa shape index (κ1) is 14.5. The van der Waals surface area contributed by atoms with Gasteiger partial charge in [0.05, 0.1) is 6.54 Å². The zero-order valence-electron chi connectivity index (χ0n) is 11.5. The second-order valence-corrected chi connectivity index (χ2v) is 5.79. The van der Waals surface area contributed by atoms with Crippen molar-refractivity contribution in [2.24, 2.45) is 11.7 Å². The Morgan fingerprint density at radius 1 is 1.47 bits per heavy atom. The third-order valence-electron chi connectivity index (χ3n) is 3.24. The fourth-order valence-corrected chi connectivity index (χ4v) is 2.37. The van der Waals surface area contributed by atoms with Gasteiger partial charge in [0, 0.05) is 25.2 Å². The minimum absolute atomic E-state index is 0.0348. The van der Waals surface area contributed by atoms with Gasteiger partial charge in [-0.1, -0.05) is 27.2 Å². The predicted molar refractivity (Wildman–Crippen MR) is 70.7 cm³/mol. The molecule has 1 fully saturated rings. The second kappa shape index (κ2) is 6.36. The predicted octanol–water partition coefficient (Wildman–Crippen LogP) is 0.962. The van der Waals surface area contributed by atoms with Crippen LogP contribution in [0.4, 0.5) is 0 Å². The molecule has 17 heavy (non-hydrogen) atoms. The molecule has 4 nitrogen and oxygen atoms in total. The van der Waals surface area contributed by atoms with Gasteiger partial charge >= 0.3 is 0 Å². The fraction of sp³-hybridized carbons (Fsp3) is 0.923. The molecule has 0 aromatic rings. The summed E-state index contributed by atoms with van der Waals surface area (Å²) in [4.78, 5) is 13.7. The van der Waals surface area contributed by atoms with Gasteiger partial charge in [-0.05, 0) is 18.8 Å². The van der Waals surface area contributed by atoms with E-state index in [2.05, 4.69) is 31.0 Å². The van der Waals surface area contributed by atoms with E-state index in [0.29, 0.717) is 12.5 Å². The van der Waals surface area contributed by atoms with E-state index in [0.717, 1.165) is 38.9 Å². The lowest BCUT2D eigenvalue weighted by molar-refractivity contribution is -0.124. The zero-order valence-corrected chi connectivity index (χ0v) is 11.5. The molecule has 4 heteroatoms. The molecule has 0 saturated carbocycles. The normalized spacial score (nSPS) is 19.1. The molecule has 0 aromatic heterocycles. The van der Waals surface area contributed by atoms with Crippen molar-refractivity contribution in [1.82, 2.24) is 10.2 Å². The number of carbonyl (C=O) groups excluding carboxylic acids is 1. The fourth-order valence-electron chi connectivity index (χ4n) is 2.37. The van der Waals surface area contributed by atoms with Gasteiger partial charge in [0.1, 0.15) is 0 Å². The van der Waals surface area contributed by atoms with Crippen LogP contribution in [0.25, 0.3) is 0 Å². The lowest BCUT2D eigenvalue weighted by Crippen LogP contribution is -2.68. The number of rotatable bonds is 7. The highest BCUT2D eigenvalue weighted by molar-refractivity contribution is 5.78. The maximum absolute atomic E-state index is 11.6. The zero-order chi connectivity index (χ0) is 12.9. The first-order valence-electron chi connectivity index (χ1n) is 6.73. The first-order valence-corrected chi connectivity index (χ1v) is 6.73. The molecule has 3 N–H and O–H groups in total. The summed E-state index contributed by atoms with van der Waals surface area (Å²) in [5.74, 6) is 0.768. The van der Waals surface area contributed by atoms with E-state index in [4.69, 9.17) is 5.73 Å². The van der Waals surface area contributed by atoms with Gasteiger partial charge in [0.15, 0.2) is 0 Å². The van der Waals surface area contributed by atoms with E-state index in [1.165, 1.54) is 0 Å². The minimum atomic E-state index is -0.0348. The third-order valence-corrected chi connectivity index (χ3v) is 3.24. The summed E-state index contributed by atoms with van der Waals surface area (Å²) in [6.45, 7) is 9.48.